The molecule has 0 saturated heterocycles. The van der Waals surface area contributed by atoms with Crippen molar-refractivity contribution in [3.8, 4) is 0 Å². The third-order valence-corrected chi connectivity index (χ3v) is 2.81. The molecule has 0 atom stereocenters. The first-order chi connectivity index (χ1) is 7.29. The van der Waals surface area contributed by atoms with Crippen molar-refractivity contribution in [1.82, 2.24) is 10.2 Å². The Morgan fingerprint density at radius 1 is 1.44 bits per heavy atom. The number of hydrogen-bond acceptors (Lipinski definition) is 5. The van der Waals surface area contributed by atoms with Gasteiger partial charge in [0.25, 0.3) is 0 Å². The van der Waals surface area contributed by atoms with Gasteiger partial charge in [0.1, 0.15) is 5.01 Å². The molecule has 6 heteroatoms. The number of amides is 1. The Morgan fingerprint density at radius 3 is 2.50 bits per heavy atom. The molecule has 1 rings (SSSR count). The highest BCUT2D eigenvalue weighted by Gasteiger charge is 2.20. The fourth-order valence-corrected chi connectivity index (χ4v) is 1.63. The number of rotatable bonds is 2. The van der Waals surface area contributed by atoms with E-state index in [1.54, 1.807) is 6.92 Å². The standard InChI is InChI=1S/C10H15N3O2S/c1-6(2)15-9(14)11-8-13-12-7(16-8)10(3,4)5/h1H2,2-5H3,(H,11,13,14). The second-order valence-electron chi connectivity index (χ2n) is 4.38. The summed E-state index contributed by atoms with van der Waals surface area (Å²) in [5.41, 5.74) is -0.0736. The Balaban J connectivity index is 2.66. The van der Waals surface area contributed by atoms with E-state index in [2.05, 4.69) is 22.1 Å². The molecule has 1 heterocycles. The summed E-state index contributed by atoms with van der Waals surface area (Å²) >= 11 is 1.33. The summed E-state index contributed by atoms with van der Waals surface area (Å²) in [6.07, 6.45) is -0.593. The van der Waals surface area contributed by atoms with E-state index in [1.807, 2.05) is 20.8 Å². The molecule has 0 aliphatic heterocycles. The minimum absolute atomic E-state index is 0.0736. The first-order valence-electron chi connectivity index (χ1n) is 4.77. The molecule has 0 aliphatic carbocycles. The SMILES string of the molecule is C=C(C)OC(=O)Nc1nnc(C(C)(C)C)s1. The largest absolute Gasteiger partial charge is 0.418 e. The van der Waals surface area contributed by atoms with E-state index >= 15 is 0 Å². The van der Waals surface area contributed by atoms with Gasteiger partial charge in [-0.2, -0.15) is 0 Å². The van der Waals surface area contributed by atoms with Gasteiger partial charge in [-0.15, -0.1) is 10.2 Å². The van der Waals surface area contributed by atoms with E-state index in [4.69, 9.17) is 4.74 Å². The smallest absolute Gasteiger partial charge is 0.416 e. The average Bonchev–Trinajstić information content (AvgIpc) is 2.49. The summed E-state index contributed by atoms with van der Waals surface area (Å²) in [6.45, 7) is 11.2. The third-order valence-electron chi connectivity index (χ3n) is 1.54. The molecule has 1 N–H and O–H groups in total. The van der Waals surface area contributed by atoms with Crippen LogP contribution in [0.5, 0.6) is 0 Å². The lowest BCUT2D eigenvalue weighted by Crippen LogP contribution is -2.12. The van der Waals surface area contributed by atoms with Crippen LogP contribution in [0.15, 0.2) is 12.3 Å². The highest BCUT2D eigenvalue weighted by Crippen LogP contribution is 2.27. The normalized spacial score (nSPS) is 11.0. The van der Waals surface area contributed by atoms with Crippen LogP contribution in [0, 0.1) is 0 Å². The van der Waals surface area contributed by atoms with Crippen LogP contribution >= 0.6 is 11.3 Å². The summed E-state index contributed by atoms with van der Waals surface area (Å²) in [5, 5.41) is 11.6. The maximum atomic E-state index is 11.2. The van der Waals surface area contributed by atoms with E-state index in [0.29, 0.717) is 10.9 Å². The van der Waals surface area contributed by atoms with Crippen molar-refractivity contribution in [2.24, 2.45) is 0 Å². The van der Waals surface area contributed by atoms with Gasteiger partial charge in [-0.05, 0) is 6.92 Å². The number of anilines is 1. The zero-order chi connectivity index (χ0) is 12.3. The van der Waals surface area contributed by atoms with E-state index in [0.717, 1.165) is 5.01 Å². The Hall–Kier alpha value is -1.43. The number of nitrogens with one attached hydrogen (secondary N) is 1. The highest BCUT2D eigenvalue weighted by atomic mass is 32.1. The molecule has 1 amide bonds. The summed E-state index contributed by atoms with van der Waals surface area (Å²) in [6, 6.07) is 0. The van der Waals surface area contributed by atoms with Crippen LogP contribution in [-0.2, 0) is 10.2 Å². The molecule has 0 aliphatic rings. The van der Waals surface area contributed by atoms with Crippen LogP contribution in [-0.4, -0.2) is 16.3 Å². The third kappa shape index (κ3) is 3.62. The highest BCUT2D eigenvalue weighted by molar-refractivity contribution is 7.15. The molecule has 0 bridgehead atoms. The fourth-order valence-electron chi connectivity index (χ4n) is 0.848. The van der Waals surface area contributed by atoms with Crippen molar-refractivity contribution in [1.29, 1.82) is 0 Å². The van der Waals surface area contributed by atoms with Gasteiger partial charge < -0.3 is 4.74 Å². The molecule has 0 aromatic carbocycles. The predicted molar refractivity (Wildman–Crippen MR) is 63.5 cm³/mol. The van der Waals surface area contributed by atoms with Crippen molar-refractivity contribution >= 4 is 22.6 Å². The van der Waals surface area contributed by atoms with Gasteiger partial charge >= 0.3 is 6.09 Å². The van der Waals surface area contributed by atoms with Crippen molar-refractivity contribution in [3.63, 3.8) is 0 Å². The first-order valence-corrected chi connectivity index (χ1v) is 5.59. The maximum absolute atomic E-state index is 11.2. The Labute approximate surface area is 98.5 Å². The molecule has 0 radical (unpaired) electrons. The average molecular weight is 241 g/mol. The molecule has 16 heavy (non-hydrogen) atoms. The zero-order valence-electron chi connectivity index (χ0n) is 9.83. The predicted octanol–water partition coefficient (Wildman–Crippen LogP) is 2.92. The lowest BCUT2D eigenvalue weighted by atomic mass is 9.98. The van der Waals surface area contributed by atoms with Gasteiger partial charge in [0.15, 0.2) is 0 Å². The number of nitrogens with zero attached hydrogens (tertiary/aromatic N) is 2. The van der Waals surface area contributed by atoms with Crippen LogP contribution in [0.2, 0.25) is 0 Å². The molecule has 1 aromatic rings. The van der Waals surface area contributed by atoms with Crippen molar-refractivity contribution < 1.29 is 9.53 Å². The van der Waals surface area contributed by atoms with Crippen LogP contribution < -0.4 is 5.32 Å². The number of carbonyl (C=O) groups excluding carboxylic acids is 1. The monoisotopic (exact) mass is 241 g/mol. The quantitative estimate of drug-likeness (QED) is 0.808. The summed E-state index contributed by atoms with van der Waals surface area (Å²) < 4.78 is 4.74. The number of ether oxygens (including phenoxy) is 1. The van der Waals surface area contributed by atoms with E-state index in [1.165, 1.54) is 11.3 Å². The van der Waals surface area contributed by atoms with E-state index < -0.39 is 6.09 Å². The summed E-state index contributed by atoms with van der Waals surface area (Å²) in [5.74, 6) is 0.332. The molecular weight excluding hydrogens is 226 g/mol. The fraction of sp³-hybridized carbons (Fsp3) is 0.500. The van der Waals surface area contributed by atoms with E-state index in [-0.39, 0.29) is 5.41 Å². The minimum Gasteiger partial charge on any atom is -0.416 e. The molecule has 1 aromatic heterocycles. The van der Waals surface area contributed by atoms with Gasteiger partial charge in [-0.3, -0.25) is 5.32 Å². The van der Waals surface area contributed by atoms with Gasteiger partial charge in [0, 0.05) is 5.41 Å². The zero-order valence-corrected chi connectivity index (χ0v) is 10.6. The van der Waals surface area contributed by atoms with Gasteiger partial charge in [0.2, 0.25) is 5.13 Å². The molecule has 0 saturated carbocycles. The Kier molecular flexibility index (Phi) is 3.64. The summed E-state index contributed by atoms with van der Waals surface area (Å²) in [7, 11) is 0. The molecule has 88 valence electrons. The second kappa shape index (κ2) is 4.61. The van der Waals surface area contributed by atoms with Crippen molar-refractivity contribution in [2.45, 2.75) is 33.1 Å². The molecule has 0 spiro atoms. The number of aromatic nitrogens is 2. The van der Waals surface area contributed by atoms with Crippen molar-refractivity contribution in [3.05, 3.63) is 17.3 Å². The number of allylic oxidation sites excluding steroid dienone is 1. The van der Waals surface area contributed by atoms with Gasteiger partial charge in [-0.25, -0.2) is 4.79 Å². The number of carbonyl (C=O) groups is 1. The van der Waals surface area contributed by atoms with E-state index in [9.17, 15) is 4.79 Å². The van der Waals surface area contributed by atoms with Crippen molar-refractivity contribution in [2.75, 3.05) is 5.32 Å². The topological polar surface area (TPSA) is 64.1 Å². The Morgan fingerprint density at radius 2 is 2.06 bits per heavy atom. The lowest BCUT2D eigenvalue weighted by Gasteiger charge is -2.12. The molecule has 0 unspecified atom stereocenters. The van der Waals surface area contributed by atoms with Crippen LogP contribution in [0.4, 0.5) is 9.93 Å². The van der Waals surface area contributed by atoms with Crippen LogP contribution in [0.3, 0.4) is 0 Å². The minimum atomic E-state index is -0.593. The second-order valence-corrected chi connectivity index (χ2v) is 5.36. The molecule has 0 fully saturated rings. The van der Waals surface area contributed by atoms with Crippen LogP contribution in [0.25, 0.3) is 0 Å². The molecule has 5 nitrogen and oxygen atoms in total. The lowest BCUT2D eigenvalue weighted by molar-refractivity contribution is 0.192. The van der Waals surface area contributed by atoms with Crippen LogP contribution in [0.1, 0.15) is 32.7 Å². The van der Waals surface area contributed by atoms with Gasteiger partial charge in [0.05, 0.1) is 5.76 Å². The first kappa shape index (κ1) is 12.6. The summed E-state index contributed by atoms with van der Waals surface area (Å²) in [4.78, 5) is 11.2. The maximum Gasteiger partial charge on any atom is 0.418 e. The Bertz CT molecular complexity index is 406. The molecular formula is C10H15N3O2S. The van der Waals surface area contributed by atoms with Gasteiger partial charge in [-0.1, -0.05) is 38.7 Å². The number of hydrogen-bond donors (Lipinski definition) is 1.